The van der Waals surface area contributed by atoms with Crippen LogP contribution in [0.25, 0.3) is 43.9 Å². The Labute approximate surface area is 341 Å². The van der Waals surface area contributed by atoms with Crippen molar-refractivity contribution in [3.63, 3.8) is 0 Å². The monoisotopic (exact) mass is 759 g/mol. The van der Waals surface area contributed by atoms with Gasteiger partial charge in [0.1, 0.15) is 22.3 Å². The van der Waals surface area contributed by atoms with Gasteiger partial charge in [0, 0.05) is 72.7 Å². The van der Waals surface area contributed by atoms with Crippen molar-refractivity contribution in [3.05, 3.63) is 224 Å². The van der Waals surface area contributed by atoms with Crippen LogP contribution in [-0.2, 0) is 0 Å². The number of rotatable bonds is 9. The minimum absolute atomic E-state index is 0.838. The standard InChI is InChI=1S/C54H37N3O2/c1-6-16-38(17-7-1)55(39-18-8-2-9-19-39)43-26-30-51-47(34-43)49-36-45(28-32-53(49)58-51)57(42-24-14-5-15-25-42)46-29-33-54-50(37-46)48-35-44(27-31-52(48)59-54)56(40-20-10-3-11-21-40)41-22-12-4-13-23-41/h1-37H. The van der Waals surface area contributed by atoms with Gasteiger partial charge in [0.25, 0.3) is 0 Å². The number of hydrogen-bond acceptors (Lipinski definition) is 5. The van der Waals surface area contributed by atoms with E-state index in [2.05, 4.69) is 239 Å². The summed E-state index contributed by atoms with van der Waals surface area (Å²) in [6.45, 7) is 0. The molecule has 0 unspecified atom stereocenters. The molecule has 0 fully saturated rings. The number of para-hydroxylation sites is 5. The van der Waals surface area contributed by atoms with Gasteiger partial charge in [-0.05, 0) is 133 Å². The Balaban J connectivity index is 1.05. The molecule has 0 N–H and O–H groups in total. The van der Waals surface area contributed by atoms with Crippen LogP contribution in [0.1, 0.15) is 0 Å². The molecule has 280 valence electrons. The number of hydrogen-bond donors (Lipinski definition) is 0. The smallest absolute Gasteiger partial charge is 0.135 e. The normalized spacial score (nSPS) is 11.4. The summed E-state index contributed by atoms with van der Waals surface area (Å²) < 4.78 is 13.0. The molecule has 0 spiro atoms. The molecule has 0 aliphatic heterocycles. The Morgan fingerprint density at radius 1 is 0.203 bits per heavy atom. The largest absolute Gasteiger partial charge is 0.456 e. The van der Waals surface area contributed by atoms with Crippen LogP contribution in [-0.4, -0.2) is 0 Å². The van der Waals surface area contributed by atoms with E-state index < -0.39 is 0 Å². The van der Waals surface area contributed by atoms with Crippen molar-refractivity contribution in [3.8, 4) is 0 Å². The number of benzene rings is 9. The van der Waals surface area contributed by atoms with E-state index in [0.29, 0.717) is 0 Å². The molecule has 59 heavy (non-hydrogen) atoms. The van der Waals surface area contributed by atoms with E-state index in [1.54, 1.807) is 0 Å². The average molecular weight is 760 g/mol. The van der Waals surface area contributed by atoms with Crippen LogP contribution in [0.15, 0.2) is 233 Å². The van der Waals surface area contributed by atoms with Crippen molar-refractivity contribution in [1.82, 2.24) is 0 Å². The van der Waals surface area contributed by atoms with Crippen LogP contribution in [0.2, 0.25) is 0 Å². The van der Waals surface area contributed by atoms with E-state index in [9.17, 15) is 0 Å². The van der Waals surface area contributed by atoms with Gasteiger partial charge in [-0.2, -0.15) is 0 Å². The molecule has 0 amide bonds. The van der Waals surface area contributed by atoms with Gasteiger partial charge in [0.05, 0.1) is 0 Å². The molecule has 0 bridgehead atoms. The lowest BCUT2D eigenvalue weighted by Gasteiger charge is -2.26. The summed E-state index contributed by atoms with van der Waals surface area (Å²) in [5.74, 6) is 0. The van der Waals surface area contributed by atoms with Gasteiger partial charge in [-0.3, -0.25) is 0 Å². The maximum Gasteiger partial charge on any atom is 0.135 e. The summed E-state index contributed by atoms with van der Waals surface area (Å²) in [6, 6.07) is 78.4. The third-order valence-corrected chi connectivity index (χ3v) is 11.0. The summed E-state index contributed by atoms with van der Waals surface area (Å²) in [5, 5.41) is 4.19. The third-order valence-electron chi connectivity index (χ3n) is 11.0. The van der Waals surface area contributed by atoms with Crippen molar-refractivity contribution < 1.29 is 8.83 Å². The molecule has 0 radical (unpaired) electrons. The van der Waals surface area contributed by atoms with Crippen molar-refractivity contribution in [2.24, 2.45) is 0 Å². The van der Waals surface area contributed by atoms with E-state index >= 15 is 0 Å². The topological polar surface area (TPSA) is 36.0 Å². The highest BCUT2D eigenvalue weighted by Gasteiger charge is 2.20. The van der Waals surface area contributed by atoms with Gasteiger partial charge in [0.15, 0.2) is 0 Å². The lowest BCUT2D eigenvalue weighted by molar-refractivity contribution is 0.668. The summed E-state index contributed by atoms with van der Waals surface area (Å²) in [7, 11) is 0. The summed E-state index contributed by atoms with van der Waals surface area (Å²) in [5.41, 5.74) is 12.9. The van der Waals surface area contributed by atoms with E-state index in [1.807, 2.05) is 0 Å². The summed E-state index contributed by atoms with van der Waals surface area (Å²) >= 11 is 0. The molecule has 5 heteroatoms. The minimum Gasteiger partial charge on any atom is -0.456 e. The van der Waals surface area contributed by atoms with Crippen molar-refractivity contribution in [1.29, 1.82) is 0 Å². The van der Waals surface area contributed by atoms with E-state index in [-0.39, 0.29) is 0 Å². The quantitative estimate of drug-likeness (QED) is 0.146. The fourth-order valence-electron chi connectivity index (χ4n) is 8.29. The van der Waals surface area contributed by atoms with Gasteiger partial charge in [-0.25, -0.2) is 0 Å². The number of furan rings is 2. The fourth-order valence-corrected chi connectivity index (χ4v) is 8.29. The second-order valence-corrected chi connectivity index (χ2v) is 14.6. The van der Waals surface area contributed by atoms with E-state index in [1.165, 1.54) is 0 Å². The number of fused-ring (bicyclic) bond motifs is 6. The molecule has 0 saturated heterocycles. The predicted molar refractivity (Wildman–Crippen MR) is 245 cm³/mol. The Bertz CT molecular complexity index is 2940. The van der Waals surface area contributed by atoms with Crippen molar-refractivity contribution in [2.45, 2.75) is 0 Å². The zero-order valence-electron chi connectivity index (χ0n) is 32.0. The second-order valence-electron chi connectivity index (χ2n) is 14.6. The first-order chi connectivity index (χ1) is 29.2. The lowest BCUT2D eigenvalue weighted by Crippen LogP contribution is -2.10. The predicted octanol–water partition coefficient (Wildman–Crippen LogP) is 15.9. The average Bonchev–Trinajstić information content (AvgIpc) is 3.86. The van der Waals surface area contributed by atoms with Crippen LogP contribution in [0.3, 0.4) is 0 Å². The lowest BCUT2D eigenvalue weighted by atomic mass is 10.1. The SMILES string of the molecule is c1ccc(N(c2ccccc2)c2ccc3oc4ccc(N(c5ccccc5)c5ccc6oc7ccc(N(c8ccccc8)c8ccccc8)cc7c6c5)cc4c3c2)cc1. The molecule has 0 saturated carbocycles. The van der Waals surface area contributed by atoms with Crippen LogP contribution >= 0.6 is 0 Å². The Morgan fingerprint density at radius 2 is 0.407 bits per heavy atom. The first-order valence-electron chi connectivity index (χ1n) is 19.8. The van der Waals surface area contributed by atoms with Crippen molar-refractivity contribution in [2.75, 3.05) is 14.7 Å². The van der Waals surface area contributed by atoms with Crippen LogP contribution in [0.5, 0.6) is 0 Å². The molecule has 0 atom stereocenters. The molecule has 11 rings (SSSR count). The number of nitrogens with zero attached hydrogens (tertiary/aromatic N) is 3. The summed E-state index contributed by atoms with van der Waals surface area (Å²) in [6.07, 6.45) is 0. The second kappa shape index (κ2) is 14.5. The molecule has 5 nitrogen and oxygen atoms in total. The molecule has 0 aliphatic carbocycles. The van der Waals surface area contributed by atoms with Gasteiger partial charge in [-0.1, -0.05) is 91.0 Å². The number of anilines is 9. The minimum atomic E-state index is 0.838. The maximum absolute atomic E-state index is 6.48. The van der Waals surface area contributed by atoms with Crippen molar-refractivity contribution >= 4 is 95.1 Å². The zero-order chi connectivity index (χ0) is 39.1. The van der Waals surface area contributed by atoms with Gasteiger partial charge in [0.2, 0.25) is 0 Å². The van der Waals surface area contributed by atoms with Crippen LogP contribution in [0, 0.1) is 0 Å². The van der Waals surface area contributed by atoms with Gasteiger partial charge in [-0.15, -0.1) is 0 Å². The van der Waals surface area contributed by atoms with E-state index in [0.717, 1.165) is 95.1 Å². The molecule has 2 heterocycles. The van der Waals surface area contributed by atoms with Gasteiger partial charge < -0.3 is 23.5 Å². The molecule has 9 aromatic carbocycles. The first-order valence-corrected chi connectivity index (χ1v) is 19.8. The Kier molecular flexibility index (Phi) is 8.41. The Morgan fingerprint density at radius 3 is 0.627 bits per heavy atom. The van der Waals surface area contributed by atoms with Gasteiger partial charge >= 0.3 is 0 Å². The molecular formula is C54H37N3O2. The van der Waals surface area contributed by atoms with E-state index in [4.69, 9.17) is 8.83 Å². The first kappa shape index (κ1) is 34.2. The molecule has 2 aromatic heterocycles. The highest BCUT2D eigenvalue weighted by Crippen LogP contribution is 2.44. The fraction of sp³-hybridized carbons (Fsp3) is 0. The molecule has 0 aliphatic rings. The maximum atomic E-state index is 6.48. The molecular weight excluding hydrogens is 723 g/mol. The zero-order valence-corrected chi connectivity index (χ0v) is 32.0. The third kappa shape index (κ3) is 6.22. The molecule has 11 aromatic rings. The highest BCUT2D eigenvalue weighted by atomic mass is 16.3. The van der Waals surface area contributed by atoms with Crippen LogP contribution < -0.4 is 14.7 Å². The van der Waals surface area contributed by atoms with Crippen LogP contribution in [0.4, 0.5) is 51.2 Å². The Hall–Kier alpha value is -8.02. The summed E-state index contributed by atoms with van der Waals surface area (Å²) in [4.78, 5) is 6.88. The highest BCUT2D eigenvalue weighted by molar-refractivity contribution is 6.10.